The van der Waals surface area contributed by atoms with Gasteiger partial charge in [-0.05, 0) is 66.6 Å². The largest absolute Gasteiger partial charge is 0.384 e. The predicted molar refractivity (Wildman–Crippen MR) is 117 cm³/mol. The van der Waals surface area contributed by atoms with Gasteiger partial charge < -0.3 is 5.73 Å². The number of anilines is 1. The molecule has 3 aromatic heterocycles. The van der Waals surface area contributed by atoms with Gasteiger partial charge in [-0.1, -0.05) is 6.07 Å². The van der Waals surface area contributed by atoms with Gasteiger partial charge in [0.25, 0.3) is 5.56 Å². The molecule has 0 saturated heterocycles. The number of aryl methyl sites for hydroxylation is 1. The zero-order valence-corrected chi connectivity index (χ0v) is 16.1. The van der Waals surface area contributed by atoms with Gasteiger partial charge in [0.15, 0.2) is 0 Å². The van der Waals surface area contributed by atoms with Crippen LogP contribution in [0.15, 0.2) is 77.9 Å². The number of fused-ring (bicyclic) bond motifs is 3. The summed E-state index contributed by atoms with van der Waals surface area (Å²) in [5, 5.41) is 1.64. The average molecular weight is 396 g/mol. The van der Waals surface area contributed by atoms with Crippen LogP contribution in [0, 0.1) is 12.7 Å². The van der Waals surface area contributed by atoms with E-state index in [9.17, 15) is 9.18 Å². The molecular weight excluding hydrogens is 379 g/mol. The van der Waals surface area contributed by atoms with Gasteiger partial charge in [0.05, 0.1) is 11.0 Å². The second-order valence-corrected chi connectivity index (χ2v) is 7.21. The van der Waals surface area contributed by atoms with Gasteiger partial charge in [-0.3, -0.25) is 14.3 Å². The van der Waals surface area contributed by atoms with E-state index in [-0.39, 0.29) is 11.4 Å². The van der Waals surface area contributed by atoms with E-state index < -0.39 is 0 Å². The lowest BCUT2D eigenvalue weighted by atomic mass is 10.0. The van der Waals surface area contributed by atoms with Gasteiger partial charge in [0, 0.05) is 40.5 Å². The van der Waals surface area contributed by atoms with Crippen LogP contribution in [0.2, 0.25) is 0 Å². The third-order valence-electron chi connectivity index (χ3n) is 5.24. The molecule has 2 aromatic carbocycles. The number of halogens is 1. The molecule has 0 atom stereocenters. The van der Waals surface area contributed by atoms with Crippen molar-refractivity contribution in [2.24, 2.45) is 0 Å². The lowest BCUT2D eigenvalue weighted by molar-refractivity contribution is 0.618. The van der Waals surface area contributed by atoms with Crippen LogP contribution in [-0.4, -0.2) is 14.5 Å². The molecule has 0 aliphatic rings. The maximum Gasteiger partial charge on any atom is 0.255 e. The molecular formula is C24H17FN4O. The van der Waals surface area contributed by atoms with Gasteiger partial charge in [-0.15, -0.1) is 0 Å². The molecule has 2 N–H and O–H groups in total. The van der Waals surface area contributed by atoms with Gasteiger partial charge in [0.2, 0.25) is 0 Å². The number of benzene rings is 2. The van der Waals surface area contributed by atoms with Crippen molar-refractivity contribution in [1.82, 2.24) is 14.5 Å². The molecule has 0 spiro atoms. The molecule has 3 heterocycles. The average Bonchev–Trinajstić information content (AvgIpc) is 2.76. The van der Waals surface area contributed by atoms with Crippen LogP contribution in [0.25, 0.3) is 38.6 Å². The Labute approximate surface area is 171 Å². The summed E-state index contributed by atoms with van der Waals surface area (Å²) >= 11 is 0. The van der Waals surface area contributed by atoms with Crippen LogP contribution in [0.3, 0.4) is 0 Å². The normalized spacial score (nSPS) is 11.3. The minimum absolute atomic E-state index is 0.194. The Hall–Kier alpha value is -4.06. The second kappa shape index (κ2) is 6.77. The van der Waals surface area contributed by atoms with E-state index in [1.165, 1.54) is 12.1 Å². The van der Waals surface area contributed by atoms with Crippen molar-refractivity contribution in [2.45, 2.75) is 6.92 Å². The van der Waals surface area contributed by atoms with Crippen LogP contribution in [0.5, 0.6) is 0 Å². The first kappa shape index (κ1) is 18.0. The van der Waals surface area contributed by atoms with Crippen molar-refractivity contribution in [3.63, 3.8) is 0 Å². The number of nitrogen functional groups attached to an aromatic ring is 1. The molecule has 0 radical (unpaired) electrons. The van der Waals surface area contributed by atoms with Gasteiger partial charge in [0.1, 0.15) is 11.6 Å². The minimum Gasteiger partial charge on any atom is -0.384 e. The summed E-state index contributed by atoms with van der Waals surface area (Å²) in [5.74, 6) is 0.142. The summed E-state index contributed by atoms with van der Waals surface area (Å²) in [6, 6.07) is 17.4. The molecule has 30 heavy (non-hydrogen) atoms. The third kappa shape index (κ3) is 2.90. The van der Waals surface area contributed by atoms with Gasteiger partial charge >= 0.3 is 0 Å². The highest BCUT2D eigenvalue weighted by molar-refractivity contribution is 6.05. The lowest BCUT2D eigenvalue weighted by Crippen LogP contribution is -2.18. The van der Waals surface area contributed by atoms with Crippen molar-refractivity contribution in [3.8, 4) is 16.8 Å². The zero-order chi connectivity index (χ0) is 20.8. The maximum atomic E-state index is 13.8. The van der Waals surface area contributed by atoms with E-state index in [4.69, 9.17) is 5.73 Å². The number of aromatic nitrogens is 3. The third-order valence-corrected chi connectivity index (χ3v) is 5.24. The van der Waals surface area contributed by atoms with E-state index >= 15 is 0 Å². The van der Waals surface area contributed by atoms with Crippen molar-refractivity contribution in [1.29, 1.82) is 0 Å². The molecule has 0 amide bonds. The molecule has 0 bridgehead atoms. The molecule has 0 saturated carbocycles. The standard InChI is InChI=1S/C24H17FN4O/c1-14-10-18(5-6-20(14)25)29-23(30)9-4-17-13-27-21-7-2-15(11-19(21)24(17)29)16-3-8-22(26)28-12-16/h2-13H,1H3,(H2,26,28). The fourth-order valence-corrected chi connectivity index (χ4v) is 3.69. The van der Waals surface area contributed by atoms with Crippen LogP contribution in [-0.2, 0) is 0 Å². The van der Waals surface area contributed by atoms with Crippen LogP contribution in [0.4, 0.5) is 10.2 Å². The molecule has 5 rings (SSSR count). The van der Waals surface area contributed by atoms with Gasteiger partial charge in [-0.25, -0.2) is 9.37 Å². The first-order chi connectivity index (χ1) is 14.5. The summed E-state index contributed by atoms with van der Waals surface area (Å²) in [5.41, 5.74) is 9.92. The molecule has 146 valence electrons. The SMILES string of the molecule is Cc1cc(-n2c(=O)ccc3cnc4ccc(-c5ccc(N)nc5)cc4c32)ccc1F. The molecule has 0 fully saturated rings. The number of nitrogens with two attached hydrogens (primary N) is 1. The Morgan fingerprint density at radius 1 is 0.900 bits per heavy atom. The van der Waals surface area contributed by atoms with Crippen molar-refractivity contribution in [2.75, 3.05) is 5.73 Å². The molecule has 0 aliphatic carbocycles. The van der Waals surface area contributed by atoms with E-state index in [0.29, 0.717) is 17.1 Å². The Balaban J connectivity index is 1.86. The Morgan fingerprint density at radius 3 is 2.50 bits per heavy atom. The summed E-state index contributed by atoms with van der Waals surface area (Å²) < 4.78 is 15.4. The van der Waals surface area contributed by atoms with Crippen molar-refractivity contribution < 1.29 is 4.39 Å². The fraction of sp³-hybridized carbons (Fsp3) is 0.0417. The number of nitrogens with zero attached hydrogens (tertiary/aromatic N) is 3. The van der Waals surface area contributed by atoms with E-state index in [0.717, 1.165) is 32.9 Å². The maximum absolute atomic E-state index is 13.8. The molecule has 5 aromatic rings. The monoisotopic (exact) mass is 396 g/mol. The highest BCUT2D eigenvalue weighted by atomic mass is 19.1. The Morgan fingerprint density at radius 2 is 1.73 bits per heavy atom. The van der Waals surface area contributed by atoms with Gasteiger partial charge in [-0.2, -0.15) is 0 Å². The number of rotatable bonds is 2. The topological polar surface area (TPSA) is 73.8 Å². The van der Waals surface area contributed by atoms with Crippen LogP contribution >= 0.6 is 0 Å². The zero-order valence-electron chi connectivity index (χ0n) is 16.1. The lowest BCUT2D eigenvalue weighted by Gasteiger charge is -2.14. The number of hydrogen-bond acceptors (Lipinski definition) is 4. The number of pyridine rings is 3. The smallest absolute Gasteiger partial charge is 0.255 e. The first-order valence-corrected chi connectivity index (χ1v) is 9.44. The molecule has 0 unspecified atom stereocenters. The second-order valence-electron chi connectivity index (χ2n) is 7.21. The highest BCUT2D eigenvalue weighted by Gasteiger charge is 2.12. The quantitative estimate of drug-likeness (QED) is 0.442. The van der Waals surface area contributed by atoms with Crippen LogP contribution in [0.1, 0.15) is 5.56 Å². The number of hydrogen-bond donors (Lipinski definition) is 1. The van der Waals surface area contributed by atoms with E-state index in [1.807, 2.05) is 24.3 Å². The summed E-state index contributed by atoms with van der Waals surface area (Å²) in [7, 11) is 0. The predicted octanol–water partition coefficient (Wildman–Crippen LogP) is 4.63. The van der Waals surface area contributed by atoms with Crippen molar-refractivity contribution >= 4 is 27.6 Å². The summed E-state index contributed by atoms with van der Waals surface area (Å²) in [6.07, 6.45) is 3.46. The van der Waals surface area contributed by atoms with E-state index in [2.05, 4.69) is 9.97 Å². The minimum atomic E-state index is -0.309. The van der Waals surface area contributed by atoms with E-state index in [1.54, 1.807) is 48.1 Å². The Bertz CT molecular complexity index is 1490. The first-order valence-electron chi connectivity index (χ1n) is 9.44. The molecule has 5 nitrogen and oxygen atoms in total. The summed E-state index contributed by atoms with van der Waals surface area (Å²) in [4.78, 5) is 21.6. The highest BCUT2D eigenvalue weighted by Crippen LogP contribution is 2.29. The summed E-state index contributed by atoms with van der Waals surface area (Å²) in [6.45, 7) is 1.68. The van der Waals surface area contributed by atoms with Crippen LogP contribution < -0.4 is 11.3 Å². The van der Waals surface area contributed by atoms with Crippen molar-refractivity contribution in [3.05, 3.63) is 94.8 Å². The Kier molecular flexibility index (Phi) is 4.06. The fourth-order valence-electron chi connectivity index (χ4n) is 3.69. The molecule has 6 heteroatoms. The molecule has 0 aliphatic heterocycles.